The van der Waals surface area contributed by atoms with Gasteiger partial charge < -0.3 is 28.7 Å². The zero-order valence-electron chi connectivity index (χ0n) is 29.9. The molecule has 1 heterocycles. The Hall–Kier alpha value is -6.51. The van der Waals surface area contributed by atoms with Crippen molar-refractivity contribution in [3.05, 3.63) is 157 Å². The summed E-state index contributed by atoms with van der Waals surface area (Å²) >= 11 is 1.49. The lowest BCUT2D eigenvalue weighted by atomic mass is 10.0. The van der Waals surface area contributed by atoms with Crippen LogP contribution in [0, 0.1) is 0 Å². The zero-order chi connectivity index (χ0) is 36.7. The number of nitrogens with zero attached hydrogens (tertiary/aromatic N) is 2. The minimum Gasteiger partial charge on any atom is -0.497 e. The first-order chi connectivity index (χ1) is 26.0. The normalized spacial score (nSPS) is 10.7. The van der Waals surface area contributed by atoms with Gasteiger partial charge in [-0.2, -0.15) is 0 Å². The van der Waals surface area contributed by atoms with Crippen LogP contribution in [0.1, 0.15) is 9.67 Å². The van der Waals surface area contributed by atoms with Gasteiger partial charge in [0.15, 0.2) is 6.29 Å². The molecule has 53 heavy (non-hydrogen) atoms. The molecule has 7 rings (SSSR count). The van der Waals surface area contributed by atoms with Crippen molar-refractivity contribution in [2.24, 2.45) is 0 Å². The van der Waals surface area contributed by atoms with Gasteiger partial charge in [-0.25, -0.2) is 0 Å². The van der Waals surface area contributed by atoms with E-state index >= 15 is 0 Å². The van der Waals surface area contributed by atoms with Gasteiger partial charge in [-0.15, -0.1) is 11.3 Å². The molecule has 0 unspecified atom stereocenters. The quantitative estimate of drug-likeness (QED) is 0.110. The summed E-state index contributed by atoms with van der Waals surface area (Å²) in [5.41, 5.74) is 8.80. The molecule has 0 aliphatic rings. The molecule has 0 aliphatic heterocycles. The smallest absolute Gasteiger partial charge is 0.160 e. The third-order valence-electron chi connectivity index (χ3n) is 9.04. The molecule has 0 bridgehead atoms. The van der Waals surface area contributed by atoms with E-state index in [1.807, 2.05) is 97.1 Å². The molecule has 0 aliphatic carbocycles. The van der Waals surface area contributed by atoms with Crippen molar-refractivity contribution in [2.45, 2.75) is 0 Å². The fourth-order valence-electron chi connectivity index (χ4n) is 6.24. The third-order valence-corrected chi connectivity index (χ3v) is 10.1. The Morgan fingerprint density at radius 1 is 0.415 bits per heavy atom. The van der Waals surface area contributed by atoms with Gasteiger partial charge in [-0.05, 0) is 139 Å². The molecular weight excluding hydrogens is 681 g/mol. The molecule has 7 aromatic rings. The van der Waals surface area contributed by atoms with Crippen LogP contribution in [-0.2, 0) is 0 Å². The van der Waals surface area contributed by atoms with Crippen LogP contribution < -0.4 is 28.7 Å². The molecule has 0 amide bonds. The maximum absolute atomic E-state index is 12.4. The Morgan fingerprint density at radius 2 is 0.698 bits per heavy atom. The fraction of sp³-hybridized carbons (Fsp3) is 0.0889. The van der Waals surface area contributed by atoms with Crippen molar-refractivity contribution in [3.8, 4) is 44.6 Å². The van der Waals surface area contributed by atoms with Gasteiger partial charge >= 0.3 is 0 Å². The first-order valence-corrected chi connectivity index (χ1v) is 17.8. The second-order valence-corrected chi connectivity index (χ2v) is 13.1. The monoisotopic (exact) mass is 718 g/mol. The second-order valence-electron chi connectivity index (χ2n) is 12.1. The number of ether oxygens (including phenoxy) is 4. The molecule has 0 atom stereocenters. The molecule has 0 saturated heterocycles. The van der Waals surface area contributed by atoms with E-state index in [4.69, 9.17) is 18.9 Å². The highest BCUT2D eigenvalue weighted by Crippen LogP contribution is 2.42. The maximum atomic E-state index is 12.4. The van der Waals surface area contributed by atoms with E-state index < -0.39 is 0 Å². The van der Waals surface area contributed by atoms with E-state index in [0.717, 1.165) is 85.0 Å². The molecule has 0 spiro atoms. The van der Waals surface area contributed by atoms with E-state index in [-0.39, 0.29) is 0 Å². The van der Waals surface area contributed by atoms with Crippen LogP contribution in [0.25, 0.3) is 21.6 Å². The highest BCUT2D eigenvalue weighted by Gasteiger charge is 2.17. The van der Waals surface area contributed by atoms with Crippen molar-refractivity contribution in [1.29, 1.82) is 0 Å². The Labute approximate surface area is 313 Å². The Bertz CT molecular complexity index is 2170. The number of methoxy groups -OCH3 is 4. The third kappa shape index (κ3) is 7.45. The predicted octanol–water partition coefficient (Wildman–Crippen LogP) is 11.9. The lowest BCUT2D eigenvalue weighted by Crippen LogP contribution is -2.09. The fourth-order valence-corrected chi connectivity index (χ4v) is 7.25. The number of aldehydes is 1. The summed E-state index contributed by atoms with van der Waals surface area (Å²) in [7, 11) is 6.65. The minimum atomic E-state index is 0.678. The number of rotatable bonds is 13. The van der Waals surface area contributed by atoms with Gasteiger partial charge in [0, 0.05) is 44.6 Å². The average molecular weight is 719 g/mol. The van der Waals surface area contributed by atoms with Crippen molar-refractivity contribution in [2.75, 3.05) is 38.2 Å². The largest absolute Gasteiger partial charge is 0.497 e. The molecule has 8 heteroatoms. The second kappa shape index (κ2) is 15.8. The summed E-state index contributed by atoms with van der Waals surface area (Å²) in [5, 5.41) is 0. The van der Waals surface area contributed by atoms with Crippen LogP contribution >= 0.6 is 11.3 Å². The van der Waals surface area contributed by atoms with Crippen molar-refractivity contribution in [1.82, 2.24) is 0 Å². The van der Waals surface area contributed by atoms with Gasteiger partial charge in [-0.3, -0.25) is 4.79 Å². The summed E-state index contributed by atoms with van der Waals surface area (Å²) in [6.45, 7) is 0. The topological polar surface area (TPSA) is 60.5 Å². The summed E-state index contributed by atoms with van der Waals surface area (Å²) < 4.78 is 21.6. The van der Waals surface area contributed by atoms with Gasteiger partial charge in [-0.1, -0.05) is 24.3 Å². The van der Waals surface area contributed by atoms with Crippen molar-refractivity contribution in [3.63, 3.8) is 0 Å². The van der Waals surface area contributed by atoms with Crippen molar-refractivity contribution >= 4 is 51.7 Å². The highest BCUT2D eigenvalue weighted by atomic mass is 32.1. The van der Waals surface area contributed by atoms with E-state index in [0.29, 0.717) is 4.88 Å². The maximum Gasteiger partial charge on any atom is 0.160 e. The first-order valence-electron chi connectivity index (χ1n) is 17.0. The predicted molar refractivity (Wildman–Crippen MR) is 216 cm³/mol. The molecule has 1 aromatic heterocycles. The Kier molecular flexibility index (Phi) is 10.4. The number of thiophene rings is 1. The number of carbonyl (C=O) groups excluding carboxylic acids is 1. The van der Waals surface area contributed by atoms with Crippen LogP contribution in [0.3, 0.4) is 0 Å². The number of benzene rings is 6. The number of hydrogen-bond acceptors (Lipinski definition) is 8. The Balaban J connectivity index is 1.19. The summed E-state index contributed by atoms with van der Waals surface area (Å²) in [5.74, 6) is 3.16. The number of carbonyl (C=O) groups is 1. The van der Waals surface area contributed by atoms with E-state index in [1.165, 1.54) is 11.3 Å². The molecule has 7 nitrogen and oxygen atoms in total. The molecule has 6 aromatic carbocycles. The van der Waals surface area contributed by atoms with Crippen LogP contribution in [0.15, 0.2) is 152 Å². The zero-order valence-corrected chi connectivity index (χ0v) is 30.7. The lowest BCUT2D eigenvalue weighted by Gasteiger charge is -2.26. The van der Waals surface area contributed by atoms with Crippen molar-refractivity contribution < 1.29 is 23.7 Å². The highest BCUT2D eigenvalue weighted by molar-refractivity contribution is 7.17. The van der Waals surface area contributed by atoms with Crippen LogP contribution in [0.2, 0.25) is 0 Å². The summed E-state index contributed by atoms with van der Waals surface area (Å²) in [4.78, 5) is 18.4. The van der Waals surface area contributed by atoms with Gasteiger partial charge in [0.2, 0.25) is 0 Å². The van der Waals surface area contributed by atoms with Crippen LogP contribution in [0.4, 0.5) is 34.1 Å². The van der Waals surface area contributed by atoms with Gasteiger partial charge in [0.05, 0.1) is 33.3 Å². The van der Waals surface area contributed by atoms with Crippen LogP contribution in [-0.4, -0.2) is 34.7 Å². The van der Waals surface area contributed by atoms with Gasteiger partial charge in [0.1, 0.15) is 23.0 Å². The molecule has 0 fully saturated rings. The molecular formula is C45H38N2O5S. The molecule has 264 valence electrons. The summed E-state index contributed by atoms with van der Waals surface area (Å²) in [6.07, 6.45) is 0.946. The lowest BCUT2D eigenvalue weighted by molar-refractivity contribution is 0.112. The molecule has 0 N–H and O–H groups in total. The van der Waals surface area contributed by atoms with Gasteiger partial charge in [0.25, 0.3) is 0 Å². The molecule has 0 radical (unpaired) electrons. The van der Waals surface area contributed by atoms with E-state index in [9.17, 15) is 4.79 Å². The van der Waals surface area contributed by atoms with Crippen LogP contribution in [0.5, 0.6) is 23.0 Å². The SMILES string of the molecule is COc1ccc(N(c2ccc(OC)cc2)c2ccc(-c3cc(-c4ccc(N(c5ccc(OC)cc5)c5ccc(OC)cc5)cc4)c(C=O)s3)cc2)cc1. The summed E-state index contributed by atoms with van der Waals surface area (Å²) in [6, 6.07) is 50.7. The standard InChI is InChI=1S/C45H38N2O5S/c1-49-39-21-13-35(14-22-39)46(36-15-23-40(50-2)24-16-36)33-9-5-31(6-10-33)43-29-44(53-45(43)30-48)32-7-11-34(12-8-32)47(37-17-25-41(51-3)26-18-37)38-19-27-42(52-4)28-20-38/h5-30H,1-4H3. The van der Waals surface area contributed by atoms with E-state index in [1.54, 1.807) is 28.4 Å². The van der Waals surface area contributed by atoms with E-state index in [2.05, 4.69) is 64.4 Å². The minimum absolute atomic E-state index is 0.678. The first kappa shape index (κ1) is 34.9. The Morgan fingerprint density at radius 3 is 0.981 bits per heavy atom. The number of hydrogen-bond donors (Lipinski definition) is 0. The molecule has 0 saturated carbocycles. The average Bonchev–Trinajstić information content (AvgIpc) is 3.67. The number of anilines is 6.